The van der Waals surface area contributed by atoms with E-state index in [0.717, 1.165) is 34.0 Å². The average molecular weight is 311 g/mol. The SMILES string of the molecule is CNC(c1cc2cc(Cl)ccc2o1)C1CSCCN1C. The molecule has 0 radical (unpaired) electrons. The van der Waals surface area contributed by atoms with E-state index in [4.69, 9.17) is 16.0 Å². The maximum absolute atomic E-state index is 6.04. The number of nitrogens with one attached hydrogen (secondary N) is 1. The van der Waals surface area contributed by atoms with Crippen LogP contribution in [-0.2, 0) is 0 Å². The van der Waals surface area contributed by atoms with E-state index in [2.05, 4.69) is 23.3 Å². The summed E-state index contributed by atoms with van der Waals surface area (Å²) in [6.07, 6.45) is 0. The topological polar surface area (TPSA) is 28.4 Å². The maximum Gasteiger partial charge on any atom is 0.134 e. The number of fused-ring (bicyclic) bond motifs is 1. The molecule has 3 nitrogen and oxygen atoms in total. The van der Waals surface area contributed by atoms with Crippen LogP contribution in [0.5, 0.6) is 0 Å². The Morgan fingerprint density at radius 2 is 2.30 bits per heavy atom. The van der Waals surface area contributed by atoms with Crippen molar-refractivity contribution < 1.29 is 4.42 Å². The molecule has 1 fully saturated rings. The van der Waals surface area contributed by atoms with Crippen molar-refractivity contribution >= 4 is 34.3 Å². The van der Waals surface area contributed by atoms with Crippen LogP contribution >= 0.6 is 23.4 Å². The smallest absolute Gasteiger partial charge is 0.134 e. The number of rotatable bonds is 3. The molecule has 2 heterocycles. The summed E-state index contributed by atoms with van der Waals surface area (Å²) in [6, 6.07) is 8.53. The number of thioether (sulfide) groups is 1. The number of halogens is 1. The highest BCUT2D eigenvalue weighted by molar-refractivity contribution is 7.99. The van der Waals surface area contributed by atoms with Crippen LogP contribution in [0.3, 0.4) is 0 Å². The lowest BCUT2D eigenvalue weighted by Gasteiger charge is -2.36. The minimum atomic E-state index is 0.207. The highest BCUT2D eigenvalue weighted by Crippen LogP contribution is 2.31. The monoisotopic (exact) mass is 310 g/mol. The number of likely N-dealkylation sites (N-methyl/N-ethyl adjacent to an activating group) is 2. The Balaban J connectivity index is 1.94. The minimum Gasteiger partial charge on any atom is -0.459 e. The van der Waals surface area contributed by atoms with E-state index in [0.29, 0.717) is 6.04 Å². The first-order valence-corrected chi connectivity index (χ1v) is 8.36. The third-order valence-corrected chi connectivity index (χ3v) is 5.23. The summed E-state index contributed by atoms with van der Waals surface area (Å²) in [5, 5.41) is 5.23. The Kier molecular flexibility index (Phi) is 4.26. The van der Waals surface area contributed by atoms with Gasteiger partial charge in [0.1, 0.15) is 11.3 Å². The van der Waals surface area contributed by atoms with Crippen LogP contribution < -0.4 is 5.32 Å². The number of hydrogen-bond acceptors (Lipinski definition) is 4. The summed E-state index contributed by atoms with van der Waals surface area (Å²) in [4.78, 5) is 2.41. The molecule has 1 aliphatic heterocycles. The summed E-state index contributed by atoms with van der Waals surface area (Å²) in [5.41, 5.74) is 0.899. The van der Waals surface area contributed by atoms with E-state index in [1.807, 2.05) is 37.0 Å². The quantitative estimate of drug-likeness (QED) is 0.940. The molecule has 2 unspecified atom stereocenters. The molecule has 108 valence electrons. The van der Waals surface area contributed by atoms with Gasteiger partial charge in [0.05, 0.1) is 6.04 Å². The van der Waals surface area contributed by atoms with Crippen molar-refractivity contribution in [3.8, 4) is 0 Å². The van der Waals surface area contributed by atoms with Gasteiger partial charge < -0.3 is 9.73 Å². The average Bonchev–Trinajstić information content (AvgIpc) is 2.84. The van der Waals surface area contributed by atoms with Crippen LogP contribution in [0.15, 0.2) is 28.7 Å². The second kappa shape index (κ2) is 5.98. The minimum absolute atomic E-state index is 0.207. The van der Waals surface area contributed by atoms with Gasteiger partial charge in [0.15, 0.2) is 0 Å². The van der Waals surface area contributed by atoms with Gasteiger partial charge in [-0.2, -0.15) is 11.8 Å². The summed E-state index contributed by atoms with van der Waals surface area (Å²) in [7, 11) is 4.19. The van der Waals surface area contributed by atoms with Gasteiger partial charge in [0.25, 0.3) is 0 Å². The molecule has 0 aliphatic carbocycles. The predicted molar refractivity (Wildman–Crippen MR) is 86.8 cm³/mol. The van der Waals surface area contributed by atoms with E-state index in [1.54, 1.807) is 0 Å². The standard InChI is InChI=1S/C15H19ClN2OS/c1-17-15(12-9-20-6-5-18(12)2)14-8-10-7-11(16)3-4-13(10)19-14/h3-4,7-8,12,15,17H,5-6,9H2,1-2H3. The Morgan fingerprint density at radius 1 is 1.45 bits per heavy atom. The zero-order valence-corrected chi connectivity index (χ0v) is 13.3. The fraction of sp³-hybridized carbons (Fsp3) is 0.467. The molecule has 1 aliphatic rings. The molecule has 1 aromatic carbocycles. The number of nitrogens with zero attached hydrogens (tertiary/aromatic N) is 1. The summed E-state index contributed by atoms with van der Waals surface area (Å²) < 4.78 is 6.02. The van der Waals surface area contributed by atoms with Gasteiger partial charge in [-0.3, -0.25) is 4.90 Å². The Hall–Kier alpha value is -0.680. The lowest BCUT2D eigenvalue weighted by atomic mass is 10.1. The number of benzene rings is 1. The van der Waals surface area contributed by atoms with Crippen molar-refractivity contribution in [1.82, 2.24) is 10.2 Å². The zero-order chi connectivity index (χ0) is 14.1. The van der Waals surface area contributed by atoms with Gasteiger partial charge in [-0.05, 0) is 38.4 Å². The molecule has 2 atom stereocenters. The molecule has 0 saturated carbocycles. The van der Waals surface area contributed by atoms with Crippen LogP contribution in [0.25, 0.3) is 11.0 Å². The third-order valence-electron chi connectivity index (χ3n) is 3.94. The van der Waals surface area contributed by atoms with Crippen LogP contribution in [-0.4, -0.2) is 43.1 Å². The maximum atomic E-state index is 6.04. The molecule has 1 saturated heterocycles. The largest absolute Gasteiger partial charge is 0.459 e. The van der Waals surface area contributed by atoms with Crippen molar-refractivity contribution in [2.75, 3.05) is 32.1 Å². The van der Waals surface area contributed by atoms with Gasteiger partial charge in [0.2, 0.25) is 0 Å². The fourth-order valence-electron chi connectivity index (χ4n) is 2.77. The molecule has 20 heavy (non-hydrogen) atoms. The van der Waals surface area contributed by atoms with Crippen LogP contribution in [0, 0.1) is 0 Å². The molecule has 2 aromatic rings. The van der Waals surface area contributed by atoms with Crippen LogP contribution in [0.4, 0.5) is 0 Å². The molecular formula is C15H19ClN2OS. The second-order valence-electron chi connectivity index (χ2n) is 5.22. The summed E-state index contributed by atoms with van der Waals surface area (Å²) >= 11 is 8.05. The lowest BCUT2D eigenvalue weighted by molar-refractivity contribution is 0.207. The zero-order valence-electron chi connectivity index (χ0n) is 11.7. The molecule has 0 amide bonds. The number of hydrogen-bond donors (Lipinski definition) is 1. The first-order chi connectivity index (χ1) is 9.69. The van der Waals surface area contributed by atoms with E-state index < -0.39 is 0 Å². The number of furan rings is 1. The van der Waals surface area contributed by atoms with E-state index >= 15 is 0 Å². The first-order valence-electron chi connectivity index (χ1n) is 6.83. The molecule has 1 N–H and O–H groups in total. The van der Waals surface area contributed by atoms with Crippen molar-refractivity contribution in [3.63, 3.8) is 0 Å². The van der Waals surface area contributed by atoms with Gasteiger partial charge in [-0.1, -0.05) is 11.6 Å². The normalized spacial score (nSPS) is 22.2. The van der Waals surface area contributed by atoms with Gasteiger partial charge in [-0.15, -0.1) is 0 Å². The Bertz CT molecular complexity index is 601. The molecular weight excluding hydrogens is 292 g/mol. The third kappa shape index (κ3) is 2.70. The van der Waals surface area contributed by atoms with Crippen molar-refractivity contribution in [2.24, 2.45) is 0 Å². The highest BCUT2D eigenvalue weighted by Gasteiger charge is 2.30. The second-order valence-corrected chi connectivity index (χ2v) is 6.81. The van der Waals surface area contributed by atoms with E-state index in [-0.39, 0.29) is 6.04 Å². The van der Waals surface area contributed by atoms with Gasteiger partial charge >= 0.3 is 0 Å². The van der Waals surface area contributed by atoms with Crippen molar-refractivity contribution in [3.05, 3.63) is 35.0 Å². The molecule has 5 heteroatoms. The lowest BCUT2D eigenvalue weighted by Crippen LogP contribution is -2.46. The van der Waals surface area contributed by atoms with E-state index in [9.17, 15) is 0 Å². The van der Waals surface area contributed by atoms with Gasteiger partial charge in [-0.25, -0.2) is 0 Å². The Morgan fingerprint density at radius 3 is 3.05 bits per heavy atom. The molecule has 1 aromatic heterocycles. The fourth-order valence-corrected chi connectivity index (χ4v) is 4.22. The molecule has 0 bridgehead atoms. The molecule has 0 spiro atoms. The molecule has 3 rings (SSSR count). The summed E-state index contributed by atoms with van der Waals surface area (Å²) in [5.74, 6) is 3.32. The van der Waals surface area contributed by atoms with Gasteiger partial charge in [0, 0.05) is 34.5 Å². The predicted octanol–water partition coefficient (Wildman–Crippen LogP) is 3.39. The summed E-state index contributed by atoms with van der Waals surface area (Å²) in [6.45, 7) is 1.12. The van der Waals surface area contributed by atoms with Crippen LogP contribution in [0.1, 0.15) is 11.8 Å². The van der Waals surface area contributed by atoms with E-state index in [1.165, 1.54) is 5.75 Å². The van der Waals surface area contributed by atoms with Crippen molar-refractivity contribution in [2.45, 2.75) is 12.1 Å². The van der Waals surface area contributed by atoms with Crippen molar-refractivity contribution in [1.29, 1.82) is 0 Å². The van der Waals surface area contributed by atoms with Crippen LogP contribution in [0.2, 0.25) is 5.02 Å². The Labute approximate surface area is 128 Å². The highest BCUT2D eigenvalue weighted by atomic mass is 35.5. The first kappa shape index (κ1) is 14.3.